The van der Waals surface area contributed by atoms with E-state index in [1.54, 1.807) is 6.07 Å². The molecule has 0 spiro atoms. The number of ether oxygens (including phenoxy) is 2. The summed E-state index contributed by atoms with van der Waals surface area (Å²) in [6.07, 6.45) is 14.3. The van der Waals surface area contributed by atoms with Gasteiger partial charge in [0.2, 0.25) is 0 Å². The number of carbonyl (C=O) groups excluding carboxylic acids is 1. The van der Waals surface area contributed by atoms with Gasteiger partial charge in [0.25, 0.3) is 0 Å². The summed E-state index contributed by atoms with van der Waals surface area (Å²) in [6.45, 7) is 5.63. The molecule has 0 aliphatic carbocycles. The van der Waals surface area contributed by atoms with Crippen LogP contribution in [0.4, 0.5) is 0 Å². The number of benzene rings is 1. The van der Waals surface area contributed by atoms with E-state index in [0.29, 0.717) is 24.7 Å². The molecule has 0 saturated heterocycles. The second-order valence-corrected chi connectivity index (χ2v) is 7.18. The molecule has 1 aromatic carbocycles. The van der Waals surface area contributed by atoms with Crippen LogP contribution in [-0.4, -0.2) is 19.2 Å². The maximum atomic E-state index is 11.1. The molecular weight excluding hydrogens is 340 g/mol. The molecule has 27 heavy (non-hydrogen) atoms. The van der Waals surface area contributed by atoms with Crippen molar-refractivity contribution >= 4 is 5.97 Å². The van der Waals surface area contributed by atoms with Crippen LogP contribution in [0.2, 0.25) is 0 Å². The fourth-order valence-electron chi connectivity index (χ4n) is 3.00. The monoisotopic (exact) mass is 377 g/mol. The van der Waals surface area contributed by atoms with Gasteiger partial charge in [-0.25, -0.2) is 0 Å². The number of carboxylic acids is 1. The lowest BCUT2D eigenvalue weighted by atomic mass is 10.1. The molecular formula is C23H37O4-. The number of hydrogen-bond donors (Lipinski definition) is 0. The zero-order chi connectivity index (χ0) is 19.7. The summed E-state index contributed by atoms with van der Waals surface area (Å²) in [5.74, 6) is -0.0577. The molecule has 0 amide bonds. The normalized spacial score (nSPS) is 10.7. The van der Waals surface area contributed by atoms with Gasteiger partial charge in [-0.15, -0.1) is 0 Å². The Morgan fingerprint density at radius 1 is 0.741 bits per heavy atom. The molecule has 0 atom stereocenters. The van der Waals surface area contributed by atoms with Gasteiger partial charge in [-0.3, -0.25) is 0 Å². The minimum atomic E-state index is -1.19. The molecule has 0 bridgehead atoms. The van der Waals surface area contributed by atoms with Gasteiger partial charge in [0.1, 0.15) is 0 Å². The van der Waals surface area contributed by atoms with Gasteiger partial charge in [0, 0.05) is 5.56 Å². The fourth-order valence-corrected chi connectivity index (χ4v) is 3.00. The standard InChI is InChI=1S/C23H38O4/c1-3-5-7-9-11-13-17-26-21-16-15-20(23(24)25)19-22(21)27-18-14-12-10-8-6-4-2/h15-16,19H,3-14,17-18H2,1-2H3,(H,24,25)/p-1. The van der Waals surface area contributed by atoms with Gasteiger partial charge >= 0.3 is 0 Å². The summed E-state index contributed by atoms with van der Waals surface area (Å²) in [5.41, 5.74) is 0.125. The van der Waals surface area contributed by atoms with Crippen LogP contribution in [0.25, 0.3) is 0 Å². The first-order valence-electron chi connectivity index (χ1n) is 10.8. The highest BCUT2D eigenvalue weighted by atomic mass is 16.5. The topological polar surface area (TPSA) is 58.6 Å². The summed E-state index contributed by atoms with van der Waals surface area (Å²) in [6, 6.07) is 4.71. The maximum Gasteiger partial charge on any atom is 0.161 e. The number of rotatable bonds is 17. The van der Waals surface area contributed by atoms with Crippen LogP contribution >= 0.6 is 0 Å². The van der Waals surface area contributed by atoms with E-state index in [0.717, 1.165) is 25.7 Å². The molecule has 4 heteroatoms. The molecule has 0 aliphatic rings. The molecule has 0 aliphatic heterocycles. The van der Waals surface area contributed by atoms with Gasteiger partial charge in [-0.1, -0.05) is 78.1 Å². The summed E-state index contributed by atoms with van der Waals surface area (Å²) >= 11 is 0. The van der Waals surface area contributed by atoms with E-state index in [1.165, 1.54) is 63.5 Å². The smallest absolute Gasteiger partial charge is 0.161 e. The van der Waals surface area contributed by atoms with E-state index in [4.69, 9.17) is 9.47 Å². The minimum absolute atomic E-state index is 0.125. The Labute approximate surface area is 165 Å². The Morgan fingerprint density at radius 3 is 1.74 bits per heavy atom. The molecule has 0 heterocycles. The Balaban J connectivity index is 2.42. The summed E-state index contributed by atoms with van der Waals surface area (Å²) < 4.78 is 11.7. The van der Waals surface area contributed by atoms with Gasteiger partial charge in [-0.05, 0) is 31.0 Å². The highest BCUT2D eigenvalue weighted by Gasteiger charge is 2.08. The zero-order valence-corrected chi connectivity index (χ0v) is 17.3. The first-order chi connectivity index (χ1) is 13.2. The second-order valence-electron chi connectivity index (χ2n) is 7.18. The van der Waals surface area contributed by atoms with Crippen molar-refractivity contribution in [2.45, 2.75) is 90.9 Å². The lowest BCUT2D eigenvalue weighted by molar-refractivity contribution is -0.255. The molecule has 0 N–H and O–H groups in total. The molecule has 4 nitrogen and oxygen atoms in total. The van der Waals surface area contributed by atoms with Gasteiger partial charge in [0.15, 0.2) is 11.5 Å². The molecule has 0 aromatic heterocycles. The number of aromatic carboxylic acids is 1. The summed E-state index contributed by atoms with van der Waals surface area (Å²) in [7, 11) is 0. The van der Waals surface area contributed by atoms with Crippen molar-refractivity contribution in [3.05, 3.63) is 23.8 Å². The van der Waals surface area contributed by atoms with E-state index in [-0.39, 0.29) is 5.56 Å². The molecule has 1 rings (SSSR count). The third-order valence-corrected chi connectivity index (χ3v) is 4.69. The van der Waals surface area contributed by atoms with E-state index in [1.807, 2.05) is 0 Å². The quantitative estimate of drug-likeness (QED) is 0.335. The summed E-state index contributed by atoms with van der Waals surface area (Å²) in [5, 5.41) is 11.1. The van der Waals surface area contributed by atoms with E-state index < -0.39 is 5.97 Å². The third kappa shape index (κ3) is 10.9. The van der Waals surface area contributed by atoms with Crippen LogP contribution in [0.5, 0.6) is 11.5 Å². The van der Waals surface area contributed by atoms with Gasteiger partial charge in [-0.2, -0.15) is 0 Å². The third-order valence-electron chi connectivity index (χ3n) is 4.69. The van der Waals surface area contributed by atoms with E-state index in [9.17, 15) is 9.90 Å². The zero-order valence-electron chi connectivity index (χ0n) is 17.3. The van der Waals surface area contributed by atoms with Crippen LogP contribution in [0.15, 0.2) is 18.2 Å². The highest BCUT2D eigenvalue weighted by molar-refractivity contribution is 5.86. The average molecular weight is 378 g/mol. The van der Waals surface area contributed by atoms with Crippen molar-refractivity contribution in [3.8, 4) is 11.5 Å². The fraction of sp³-hybridized carbons (Fsp3) is 0.696. The molecule has 0 unspecified atom stereocenters. The summed E-state index contributed by atoms with van der Waals surface area (Å²) in [4.78, 5) is 11.1. The second kappa shape index (κ2) is 15.4. The number of hydrogen-bond acceptors (Lipinski definition) is 4. The predicted octanol–water partition coefficient (Wildman–Crippen LogP) is 5.53. The Bertz CT molecular complexity index is 513. The molecule has 0 radical (unpaired) electrons. The van der Waals surface area contributed by atoms with Crippen molar-refractivity contribution < 1.29 is 19.4 Å². The van der Waals surface area contributed by atoms with Crippen LogP contribution in [-0.2, 0) is 0 Å². The predicted molar refractivity (Wildman–Crippen MR) is 109 cm³/mol. The molecule has 0 fully saturated rings. The maximum absolute atomic E-state index is 11.1. The van der Waals surface area contributed by atoms with Crippen molar-refractivity contribution in [3.63, 3.8) is 0 Å². The molecule has 0 saturated carbocycles. The Kier molecular flexibility index (Phi) is 13.3. The first kappa shape index (κ1) is 23.3. The number of carboxylic acid groups (broad SMARTS) is 1. The van der Waals surface area contributed by atoms with Crippen molar-refractivity contribution in [2.75, 3.05) is 13.2 Å². The number of unbranched alkanes of at least 4 members (excludes halogenated alkanes) is 10. The lowest BCUT2D eigenvalue weighted by Crippen LogP contribution is -2.22. The van der Waals surface area contributed by atoms with Crippen molar-refractivity contribution in [1.82, 2.24) is 0 Å². The van der Waals surface area contributed by atoms with E-state index in [2.05, 4.69) is 13.8 Å². The highest BCUT2D eigenvalue weighted by Crippen LogP contribution is 2.29. The van der Waals surface area contributed by atoms with Crippen LogP contribution in [0, 0.1) is 0 Å². The Morgan fingerprint density at radius 2 is 1.22 bits per heavy atom. The minimum Gasteiger partial charge on any atom is -0.545 e. The Hall–Kier alpha value is -1.71. The van der Waals surface area contributed by atoms with E-state index >= 15 is 0 Å². The number of carbonyl (C=O) groups is 1. The van der Waals surface area contributed by atoms with Gasteiger partial charge < -0.3 is 19.4 Å². The first-order valence-corrected chi connectivity index (χ1v) is 10.8. The van der Waals surface area contributed by atoms with Crippen LogP contribution < -0.4 is 14.6 Å². The SMILES string of the molecule is CCCCCCCCOc1ccc(C(=O)[O-])cc1OCCCCCCCC. The molecule has 1 aromatic rings. The largest absolute Gasteiger partial charge is 0.545 e. The van der Waals surface area contributed by atoms with Gasteiger partial charge in [0.05, 0.1) is 19.2 Å². The van der Waals surface area contributed by atoms with Crippen LogP contribution in [0.1, 0.15) is 101 Å². The van der Waals surface area contributed by atoms with Crippen molar-refractivity contribution in [2.24, 2.45) is 0 Å². The van der Waals surface area contributed by atoms with Crippen LogP contribution in [0.3, 0.4) is 0 Å². The van der Waals surface area contributed by atoms with Crippen molar-refractivity contribution in [1.29, 1.82) is 0 Å². The average Bonchev–Trinajstić information content (AvgIpc) is 2.67. The molecule has 154 valence electrons. The lowest BCUT2D eigenvalue weighted by Gasteiger charge is -2.15.